The van der Waals surface area contributed by atoms with Crippen LogP contribution >= 0.6 is 0 Å². The zero-order valence-electron chi connectivity index (χ0n) is 45.1. The second kappa shape index (κ2) is 56.9. The van der Waals surface area contributed by atoms with Gasteiger partial charge in [0, 0.05) is 12.8 Å². The second-order valence-electron chi connectivity index (χ2n) is 20.7. The van der Waals surface area contributed by atoms with Gasteiger partial charge in [-0.2, -0.15) is 0 Å². The first-order chi connectivity index (χ1) is 33.0. The largest absolute Gasteiger partial charge is 0.466 e. The summed E-state index contributed by atoms with van der Waals surface area (Å²) in [5.74, 6) is -0.0543. The second-order valence-corrected chi connectivity index (χ2v) is 20.7. The highest BCUT2D eigenvalue weighted by atomic mass is 16.5. The van der Waals surface area contributed by atoms with Crippen LogP contribution in [-0.4, -0.2) is 47.4 Å². The van der Waals surface area contributed by atoms with E-state index >= 15 is 0 Å². The van der Waals surface area contributed by atoms with Crippen molar-refractivity contribution in [3.63, 3.8) is 0 Å². The first-order valence-electron chi connectivity index (χ1n) is 30.1. The lowest BCUT2D eigenvalue weighted by atomic mass is 10.0. The molecule has 0 bridgehead atoms. The van der Waals surface area contributed by atoms with Gasteiger partial charge >= 0.3 is 5.97 Å². The molecule has 3 N–H and O–H groups in total. The van der Waals surface area contributed by atoms with Crippen molar-refractivity contribution in [1.82, 2.24) is 5.32 Å². The number of aliphatic hydroxyl groups is 2. The van der Waals surface area contributed by atoms with E-state index in [9.17, 15) is 19.8 Å². The highest BCUT2D eigenvalue weighted by Crippen LogP contribution is 2.17. The van der Waals surface area contributed by atoms with Crippen LogP contribution in [0.5, 0.6) is 0 Å². The monoisotopic (exact) mass is 944 g/mol. The van der Waals surface area contributed by atoms with Crippen molar-refractivity contribution in [3.8, 4) is 0 Å². The van der Waals surface area contributed by atoms with Gasteiger partial charge in [-0.15, -0.1) is 0 Å². The average Bonchev–Trinajstić information content (AvgIpc) is 3.33. The summed E-state index contributed by atoms with van der Waals surface area (Å²) in [5, 5.41) is 23.3. The van der Waals surface area contributed by atoms with Gasteiger partial charge in [-0.3, -0.25) is 9.59 Å². The number of amides is 1. The van der Waals surface area contributed by atoms with Crippen molar-refractivity contribution in [1.29, 1.82) is 0 Å². The predicted octanol–water partition coefficient (Wildman–Crippen LogP) is 18.6. The molecule has 0 fully saturated rings. The summed E-state index contributed by atoms with van der Waals surface area (Å²) in [7, 11) is 0. The summed E-state index contributed by atoms with van der Waals surface area (Å²) in [6, 6.07) is -0.552. The highest BCUT2D eigenvalue weighted by Gasteiger charge is 2.20. The Labute approximate surface area is 418 Å². The molecule has 0 spiro atoms. The summed E-state index contributed by atoms with van der Waals surface area (Å²) >= 11 is 0. The van der Waals surface area contributed by atoms with Crippen LogP contribution in [0.15, 0.2) is 24.3 Å². The Morgan fingerprint density at radius 2 is 0.716 bits per heavy atom. The Morgan fingerprint density at radius 3 is 1.10 bits per heavy atom. The third-order valence-electron chi connectivity index (χ3n) is 14.0. The summed E-state index contributed by atoms with van der Waals surface area (Å²) in [6.45, 7) is 4.92. The molecule has 0 saturated carbocycles. The first-order valence-corrected chi connectivity index (χ1v) is 30.1. The zero-order chi connectivity index (χ0) is 48.6. The third-order valence-corrected chi connectivity index (χ3v) is 14.0. The minimum absolute atomic E-state index is 0.00769. The number of carbonyl (C=O) groups is 2. The van der Waals surface area contributed by atoms with Crippen LogP contribution < -0.4 is 5.32 Å². The van der Waals surface area contributed by atoms with E-state index in [0.717, 1.165) is 57.8 Å². The molecular formula is C61H117NO5. The highest BCUT2D eigenvalue weighted by molar-refractivity contribution is 5.76. The average molecular weight is 945 g/mol. The Kier molecular flexibility index (Phi) is 55.5. The van der Waals surface area contributed by atoms with Gasteiger partial charge in [-0.1, -0.05) is 269 Å². The maximum atomic E-state index is 12.5. The molecule has 0 aliphatic rings. The number of unbranched alkanes of at least 4 members (excludes halogenated alkanes) is 41. The Morgan fingerprint density at radius 1 is 0.403 bits per heavy atom. The molecule has 67 heavy (non-hydrogen) atoms. The van der Waals surface area contributed by atoms with E-state index in [4.69, 9.17) is 4.74 Å². The van der Waals surface area contributed by atoms with E-state index < -0.39 is 12.1 Å². The van der Waals surface area contributed by atoms with E-state index in [-0.39, 0.29) is 18.5 Å². The van der Waals surface area contributed by atoms with Crippen molar-refractivity contribution < 1.29 is 24.5 Å². The van der Waals surface area contributed by atoms with Gasteiger partial charge in [0.05, 0.1) is 25.4 Å². The van der Waals surface area contributed by atoms with Crippen LogP contribution in [0.1, 0.15) is 328 Å². The van der Waals surface area contributed by atoms with Crippen molar-refractivity contribution in [2.75, 3.05) is 13.2 Å². The lowest BCUT2D eigenvalue weighted by Gasteiger charge is -2.22. The van der Waals surface area contributed by atoms with Crippen LogP contribution in [0.4, 0.5) is 0 Å². The molecule has 0 aromatic rings. The molecule has 1 amide bonds. The Balaban J connectivity index is 3.46. The predicted molar refractivity (Wildman–Crippen MR) is 292 cm³/mol. The van der Waals surface area contributed by atoms with Crippen LogP contribution in [0.25, 0.3) is 0 Å². The molecule has 0 saturated heterocycles. The lowest BCUT2D eigenvalue weighted by molar-refractivity contribution is -0.143. The van der Waals surface area contributed by atoms with Crippen LogP contribution in [-0.2, 0) is 14.3 Å². The van der Waals surface area contributed by atoms with E-state index in [0.29, 0.717) is 25.9 Å². The number of allylic oxidation sites excluding steroid dienone is 4. The number of aliphatic hydroxyl groups excluding tert-OH is 2. The van der Waals surface area contributed by atoms with E-state index in [1.807, 2.05) is 0 Å². The van der Waals surface area contributed by atoms with Gasteiger partial charge in [0.1, 0.15) is 0 Å². The van der Waals surface area contributed by atoms with Crippen molar-refractivity contribution in [2.45, 2.75) is 341 Å². The Hall–Kier alpha value is -1.66. The molecule has 0 aromatic carbocycles. The summed E-state index contributed by atoms with van der Waals surface area (Å²) in [6.07, 6.45) is 68.9. The van der Waals surface area contributed by atoms with Crippen LogP contribution in [0, 0.1) is 0 Å². The first kappa shape index (κ1) is 65.3. The zero-order valence-corrected chi connectivity index (χ0v) is 45.1. The lowest BCUT2D eigenvalue weighted by Crippen LogP contribution is -2.45. The van der Waals surface area contributed by atoms with Gasteiger partial charge < -0.3 is 20.3 Å². The number of esters is 1. The molecular weight excluding hydrogens is 827 g/mol. The molecule has 0 radical (unpaired) electrons. The molecule has 0 heterocycles. The summed E-state index contributed by atoms with van der Waals surface area (Å²) in [4.78, 5) is 24.5. The van der Waals surface area contributed by atoms with Gasteiger partial charge in [0.25, 0.3) is 0 Å². The van der Waals surface area contributed by atoms with Gasteiger partial charge in [-0.25, -0.2) is 0 Å². The fraction of sp³-hybridized carbons (Fsp3) is 0.902. The van der Waals surface area contributed by atoms with E-state index in [1.165, 1.54) is 238 Å². The molecule has 6 heteroatoms. The normalized spacial score (nSPS) is 12.7. The fourth-order valence-electron chi connectivity index (χ4n) is 9.32. The third kappa shape index (κ3) is 53.5. The molecule has 396 valence electrons. The minimum atomic E-state index is -0.674. The van der Waals surface area contributed by atoms with E-state index in [2.05, 4.69) is 43.5 Å². The number of nitrogens with one attached hydrogen (secondary N) is 1. The standard InChI is InChI=1S/C61H117NO5/c1-3-5-7-9-11-13-15-16-17-18-19-20-21-24-27-30-34-37-41-45-49-53-59(64)58(57-63)62-60(65)54-50-46-42-38-35-31-28-25-22-23-26-29-32-36-40-44-48-52-56-67-61(66)55-51-47-43-39-33-14-12-10-8-6-4-2/h10,12,25,28,58-59,63-64H,3-9,11,13-24,26-27,29-57H2,1-2H3,(H,62,65)/b12-10-,28-25-. The van der Waals surface area contributed by atoms with Crippen molar-refractivity contribution in [2.24, 2.45) is 0 Å². The summed E-state index contributed by atoms with van der Waals surface area (Å²) in [5.41, 5.74) is 0. The molecule has 6 nitrogen and oxygen atoms in total. The van der Waals surface area contributed by atoms with Gasteiger partial charge in [0.2, 0.25) is 5.91 Å². The SMILES string of the molecule is CCCC/C=C\CCCCCCCC(=O)OCCCCCCCCCCC/C=C\CCCCCCCC(=O)NC(CO)C(O)CCCCCCCCCCCCCCCCCCCCCCC. The van der Waals surface area contributed by atoms with E-state index in [1.54, 1.807) is 0 Å². The molecule has 2 atom stereocenters. The van der Waals surface area contributed by atoms with Crippen LogP contribution in [0.3, 0.4) is 0 Å². The van der Waals surface area contributed by atoms with Gasteiger partial charge in [-0.05, 0) is 70.6 Å². The molecule has 2 unspecified atom stereocenters. The molecule has 0 aliphatic heterocycles. The summed E-state index contributed by atoms with van der Waals surface area (Å²) < 4.78 is 5.45. The Bertz CT molecular complexity index is 1040. The maximum Gasteiger partial charge on any atom is 0.305 e. The van der Waals surface area contributed by atoms with Crippen LogP contribution in [0.2, 0.25) is 0 Å². The smallest absolute Gasteiger partial charge is 0.305 e. The fourth-order valence-corrected chi connectivity index (χ4v) is 9.32. The van der Waals surface area contributed by atoms with Crippen molar-refractivity contribution >= 4 is 11.9 Å². The number of rotatable bonds is 56. The molecule has 0 rings (SSSR count). The number of carbonyl (C=O) groups excluding carboxylic acids is 2. The topological polar surface area (TPSA) is 95.9 Å². The minimum Gasteiger partial charge on any atom is -0.466 e. The molecule has 0 aliphatic carbocycles. The number of hydrogen-bond acceptors (Lipinski definition) is 5. The molecule has 0 aromatic heterocycles. The number of ether oxygens (including phenoxy) is 1. The quantitative estimate of drug-likeness (QED) is 0.0321. The number of hydrogen-bond donors (Lipinski definition) is 3. The maximum absolute atomic E-state index is 12.5. The van der Waals surface area contributed by atoms with Gasteiger partial charge in [0.15, 0.2) is 0 Å². The van der Waals surface area contributed by atoms with Crippen molar-refractivity contribution in [3.05, 3.63) is 24.3 Å².